The van der Waals surface area contributed by atoms with Crippen molar-refractivity contribution in [3.8, 4) is 0 Å². The van der Waals surface area contributed by atoms with Crippen LogP contribution in [0.4, 0.5) is 0 Å². The monoisotopic (exact) mass is 1020 g/mol. The van der Waals surface area contributed by atoms with Crippen molar-refractivity contribution in [1.29, 1.82) is 0 Å². The Morgan fingerprint density at radius 2 is 0.863 bits per heavy atom. The van der Waals surface area contributed by atoms with Crippen LogP contribution in [0.3, 0.4) is 0 Å². The normalized spacial score (nSPS) is 20.1. The molecular formula is C64H105NO8. The summed E-state index contributed by atoms with van der Waals surface area (Å²) >= 11 is 0. The summed E-state index contributed by atoms with van der Waals surface area (Å²) in [5.74, 6) is -0.199. The third-order valence-electron chi connectivity index (χ3n) is 12.7. The summed E-state index contributed by atoms with van der Waals surface area (Å²) in [6.45, 7) is 3.54. The first kappa shape index (κ1) is 67.3. The van der Waals surface area contributed by atoms with Crippen LogP contribution in [-0.2, 0) is 14.3 Å². The molecule has 1 heterocycles. The quantitative estimate of drug-likeness (QED) is 0.0261. The molecule has 1 aliphatic rings. The molecule has 0 aliphatic carbocycles. The number of unbranched alkanes of at least 4 members (excludes halogenated alkanes) is 17. The van der Waals surface area contributed by atoms with Crippen LogP contribution >= 0.6 is 0 Å². The summed E-state index contributed by atoms with van der Waals surface area (Å²) in [7, 11) is 0. The highest BCUT2D eigenvalue weighted by molar-refractivity contribution is 5.76. The Hall–Kier alpha value is -3.67. The van der Waals surface area contributed by atoms with Gasteiger partial charge in [-0.1, -0.05) is 231 Å². The van der Waals surface area contributed by atoms with E-state index < -0.39 is 49.5 Å². The van der Waals surface area contributed by atoms with Crippen LogP contribution in [0, 0.1) is 0 Å². The van der Waals surface area contributed by atoms with Crippen molar-refractivity contribution in [3.63, 3.8) is 0 Å². The lowest BCUT2D eigenvalue weighted by Crippen LogP contribution is -2.60. The molecule has 0 aromatic rings. The Labute approximate surface area is 445 Å². The summed E-state index contributed by atoms with van der Waals surface area (Å²) in [6, 6.07) is -0.835. The Bertz CT molecular complexity index is 1600. The average Bonchev–Trinajstić information content (AvgIpc) is 3.39. The van der Waals surface area contributed by atoms with Gasteiger partial charge in [0.05, 0.1) is 25.4 Å². The van der Waals surface area contributed by atoms with Gasteiger partial charge >= 0.3 is 0 Å². The first-order valence-corrected chi connectivity index (χ1v) is 28.9. The van der Waals surface area contributed by atoms with Crippen molar-refractivity contribution < 1.29 is 39.8 Å². The van der Waals surface area contributed by atoms with E-state index in [2.05, 4.69) is 141 Å². The zero-order valence-corrected chi connectivity index (χ0v) is 45.8. The molecular weight excluding hydrogens is 911 g/mol. The third-order valence-corrected chi connectivity index (χ3v) is 12.7. The van der Waals surface area contributed by atoms with Gasteiger partial charge < -0.3 is 40.3 Å². The smallest absolute Gasteiger partial charge is 0.220 e. The molecule has 1 amide bonds. The van der Waals surface area contributed by atoms with Gasteiger partial charge in [-0.3, -0.25) is 4.79 Å². The number of aliphatic hydroxyl groups is 5. The summed E-state index contributed by atoms with van der Waals surface area (Å²) in [6.07, 6.45) is 72.5. The molecule has 1 saturated heterocycles. The highest BCUT2D eigenvalue weighted by atomic mass is 16.7. The molecule has 9 heteroatoms. The van der Waals surface area contributed by atoms with Crippen LogP contribution in [0.15, 0.2) is 134 Å². The van der Waals surface area contributed by atoms with E-state index in [9.17, 15) is 30.3 Å². The number of ether oxygens (including phenoxy) is 2. The van der Waals surface area contributed by atoms with Crippen molar-refractivity contribution in [1.82, 2.24) is 5.32 Å². The molecule has 0 aromatic carbocycles. The second kappa shape index (κ2) is 51.8. The van der Waals surface area contributed by atoms with Crippen LogP contribution in [-0.4, -0.2) is 87.5 Å². The number of carbonyl (C=O) groups excluding carboxylic acids is 1. The maximum Gasteiger partial charge on any atom is 0.220 e. The van der Waals surface area contributed by atoms with Gasteiger partial charge in [0.2, 0.25) is 5.91 Å². The van der Waals surface area contributed by atoms with Crippen molar-refractivity contribution in [3.05, 3.63) is 134 Å². The standard InChI is InChI=1S/C64H105NO8/c1-3-5-7-9-11-13-15-16-17-18-19-20-21-22-23-24-25-26-27-28-29-30-31-32-33-34-35-36-37-38-39-40-41-42-44-46-48-50-52-54-60(68)65-57(56-72-64-63(71)62(70)61(69)59(55-66)73-64)58(67)53-51-49-47-45-43-14-12-10-8-6-4-2/h5,7-8,10-11,13,16-17,19-20,22-23,25-26,28-29,31-32,43,45,51,53,57-59,61-64,66-67,69-71H,3-4,6,9,12,14-15,18,21,24,27,30,33-42,44,46-50,52,54-56H2,1-2H3,(H,65,68)/b7-5-,10-8+,13-11-,17-16-,20-19-,23-22-,26-25-,29-28-,32-31-,45-43+,53-51+. The molecule has 0 spiro atoms. The minimum atomic E-state index is -1.58. The number of carbonyl (C=O) groups is 1. The van der Waals surface area contributed by atoms with Gasteiger partial charge in [0.25, 0.3) is 0 Å². The fourth-order valence-electron chi connectivity index (χ4n) is 8.15. The average molecular weight is 1020 g/mol. The van der Waals surface area contributed by atoms with Gasteiger partial charge in [-0.05, 0) is 103 Å². The van der Waals surface area contributed by atoms with E-state index in [-0.39, 0.29) is 12.5 Å². The fraction of sp³-hybridized carbons (Fsp3) is 0.641. The lowest BCUT2D eigenvalue weighted by atomic mass is 9.99. The van der Waals surface area contributed by atoms with E-state index >= 15 is 0 Å². The molecule has 0 saturated carbocycles. The highest BCUT2D eigenvalue weighted by Crippen LogP contribution is 2.23. The van der Waals surface area contributed by atoms with E-state index in [0.29, 0.717) is 6.42 Å². The van der Waals surface area contributed by atoms with Crippen molar-refractivity contribution in [2.75, 3.05) is 13.2 Å². The lowest BCUT2D eigenvalue weighted by molar-refractivity contribution is -0.302. The van der Waals surface area contributed by atoms with E-state index in [0.717, 1.165) is 109 Å². The molecule has 1 aliphatic heterocycles. The van der Waals surface area contributed by atoms with Gasteiger partial charge in [0, 0.05) is 6.42 Å². The molecule has 9 nitrogen and oxygen atoms in total. The fourth-order valence-corrected chi connectivity index (χ4v) is 8.15. The van der Waals surface area contributed by atoms with Crippen molar-refractivity contribution in [2.24, 2.45) is 0 Å². The number of aliphatic hydroxyl groups excluding tert-OH is 5. The maximum absolute atomic E-state index is 13.0. The summed E-state index contributed by atoms with van der Waals surface area (Å²) < 4.78 is 11.2. The predicted octanol–water partition coefficient (Wildman–Crippen LogP) is 14.5. The van der Waals surface area contributed by atoms with Crippen LogP contribution in [0.25, 0.3) is 0 Å². The topological polar surface area (TPSA) is 149 Å². The minimum Gasteiger partial charge on any atom is -0.394 e. The number of amides is 1. The minimum absolute atomic E-state index is 0.199. The molecule has 0 bridgehead atoms. The molecule has 0 aromatic heterocycles. The molecule has 0 radical (unpaired) electrons. The number of hydrogen-bond donors (Lipinski definition) is 6. The second-order valence-corrected chi connectivity index (χ2v) is 19.3. The van der Waals surface area contributed by atoms with Crippen molar-refractivity contribution >= 4 is 5.91 Å². The first-order chi connectivity index (χ1) is 35.8. The zero-order valence-electron chi connectivity index (χ0n) is 45.8. The Balaban J connectivity index is 2.11. The molecule has 414 valence electrons. The van der Waals surface area contributed by atoms with Gasteiger partial charge in [-0.15, -0.1) is 0 Å². The van der Waals surface area contributed by atoms with Crippen LogP contribution < -0.4 is 5.32 Å². The molecule has 1 fully saturated rings. The zero-order chi connectivity index (χ0) is 52.9. The maximum atomic E-state index is 13.0. The summed E-state index contributed by atoms with van der Waals surface area (Å²) in [5, 5.41) is 54.2. The number of hydrogen-bond acceptors (Lipinski definition) is 8. The molecule has 1 rings (SSSR count). The van der Waals surface area contributed by atoms with Crippen LogP contribution in [0.5, 0.6) is 0 Å². The lowest BCUT2D eigenvalue weighted by Gasteiger charge is -2.40. The largest absolute Gasteiger partial charge is 0.394 e. The van der Waals surface area contributed by atoms with Gasteiger partial charge in [-0.25, -0.2) is 0 Å². The van der Waals surface area contributed by atoms with E-state index in [4.69, 9.17) is 9.47 Å². The third kappa shape index (κ3) is 41.3. The Kier molecular flexibility index (Phi) is 47.8. The Morgan fingerprint density at radius 1 is 0.479 bits per heavy atom. The van der Waals surface area contributed by atoms with Gasteiger partial charge in [0.1, 0.15) is 24.4 Å². The summed E-state index contributed by atoms with van der Waals surface area (Å²) in [5.41, 5.74) is 0. The van der Waals surface area contributed by atoms with Crippen molar-refractivity contribution in [2.45, 2.75) is 249 Å². The Morgan fingerprint density at radius 3 is 1.30 bits per heavy atom. The highest BCUT2D eigenvalue weighted by Gasteiger charge is 2.44. The molecule has 7 atom stereocenters. The van der Waals surface area contributed by atoms with Crippen LogP contribution in [0.1, 0.15) is 206 Å². The van der Waals surface area contributed by atoms with Gasteiger partial charge in [-0.2, -0.15) is 0 Å². The molecule has 7 unspecified atom stereocenters. The second-order valence-electron chi connectivity index (χ2n) is 19.3. The van der Waals surface area contributed by atoms with E-state index in [1.165, 1.54) is 77.0 Å². The van der Waals surface area contributed by atoms with E-state index in [1.807, 2.05) is 6.08 Å². The molecule has 73 heavy (non-hydrogen) atoms. The number of nitrogens with one attached hydrogen (secondary N) is 1. The SMILES string of the molecule is CC/C=C\C/C=C\C/C=C\C/C=C\C/C=C\C/C=C\C/C=C\C/C=C\CCCCCCCCCCCCCCCCC(=O)NC(COC1OC(CO)C(O)C(O)C1O)C(O)/C=C/CC/C=C/CC/C=C/CCC. The summed E-state index contributed by atoms with van der Waals surface area (Å²) in [4.78, 5) is 13.0. The van der Waals surface area contributed by atoms with Gasteiger partial charge in [0.15, 0.2) is 6.29 Å². The first-order valence-electron chi connectivity index (χ1n) is 28.9. The molecule has 6 N–H and O–H groups in total. The number of allylic oxidation sites excluding steroid dienone is 21. The van der Waals surface area contributed by atoms with E-state index in [1.54, 1.807) is 6.08 Å². The van der Waals surface area contributed by atoms with Crippen LogP contribution in [0.2, 0.25) is 0 Å². The number of rotatable bonds is 47. The predicted molar refractivity (Wildman–Crippen MR) is 308 cm³/mol.